The predicted molar refractivity (Wildman–Crippen MR) is 185 cm³/mol. The summed E-state index contributed by atoms with van der Waals surface area (Å²) in [4.78, 5) is 57.9. The number of fused-ring (bicyclic) bond motifs is 3. The number of para-hydroxylation sites is 1. The maximum Gasteiger partial charge on any atom is 0.410 e. The molecule has 0 saturated carbocycles. The van der Waals surface area contributed by atoms with Gasteiger partial charge in [-0.05, 0) is 55.2 Å². The molecule has 12 nitrogen and oxygen atoms in total. The summed E-state index contributed by atoms with van der Waals surface area (Å²) in [5, 5.41) is 1.28. The van der Waals surface area contributed by atoms with E-state index < -0.39 is 12.2 Å². The fraction of sp³-hybridized carbons (Fsp3) is 0.343. The second-order valence-electron chi connectivity index (χ2n) is 12.5. The zero-order valence-electron chi connectivity index (χ0n) is 26.6. The molecule has 2 saturated heterocycles. The summed E-state index contributed by atoms with van der Waals surface area (Å²) in [5.74, 6) is -0.247. The van der Waals surface area contributed by atoms with Gasteiger partial charge in [0.05, 0.1) is 33.5 Å². The van der Waals surface area contributed by atoms with Gasteiger partial charge in [-0.1, -0.05) is 35.9 Å². The number of piperidine rings is 1. The Labute approximate surface area is 282 Å². The fourth-order valence-electron chi connectivity index (χ4n) is 6.87. The highest BCUT2D eigenvalue weighted by Gasteiger charge is 2.34. The van der Waals surface area contributed by atoms with Crippen molar-refractivity contribution < 1.29 is 14.3 Å². The van der Waals surface area contributed by atoms with E-state index in [9.17, 15) is 14.4 Å². The van der Waals surface area contributed by atoms with Gasteiger partial charge in [0.1, 0.15) is 0 Å². The van der Waals surface area contributed by atoms with Crippen LogP contribution in [-0.4, -0.2) is 86.7 Å². The van der Waals surface area contributed by atoms with E-state index in [2.05, 4.69) is 19.9 Å². The quantitative estimate of drug-likeness (QED) is 0.251. The summed E-state index contributed by atoms with van der Waals surface area (Å²) >= 11 is 6.39. The molecular formula is C35H37ClN8O4. The third-order valence-corrected chi connectivity index (χ3v) is 9.82. The molecule has 0 radical (unpaired) electrons. The Bertz CT molecular complexity index is 2010. The Morgan fingerprint density at radius 3 is 2.48 bits per heavy atom. The van der Waals surface area contributed by atoms with E-state index in [1.54, 1.807) is 39.0 Å². The highest BCUT2D eigenvalue weighted by Crippen LogP contribution is 2.29. The molecule has 5 heterocycles. The topological polar surface area (TPSA) is 143 Å². The largest absolute Gasteiger partial charge is 0.436 e. The van der Waals surface area contributed by atoms with Crippen LogP contribution in [0.15, 0.2) is 71.9 Å². The molecule has 0 spiro atoms. The molecule has 2 aromatic carbocycles. The minimum absolute atomic E-state index is 0.118. The van der Waals surface area contributed by atoms with Crippen molar-refractivity contribution in [3.05, 3.63) is 93.8 Å². The van der Waals surface area contributed by atoms with Crippen molar-refractivity contribution in [2.75, 3.05) is 49.9 Å². The first kappa shape index (κ1) is 31.5. The Morgan fingerprint density at radius 2 is 1.75 bits per heavy atom. The number of ether oxygens (including phenoxy) is 1. The fourth-order valence-corrected chi connectivity index (χ4v) is 7.16. The van der Waals surface area contributed by atoms with Gasteiger partial charge in [-0.2, -0.15) is 0 Å². The van der Waals surface area contributed by atoms with E-state index in [0.717, 1.165) is 38.8 Å². The molecule has 248 valence electrons. The van der Waals surface area contributed by atoms with Crippen LogP contribution in [0.25, 0.3) is 21.9 Å². The average molecular weight is 669 g/mol. The number of aromatic nitrogens is 4. The lowest BCUT2D eigenvalue weighted by Crippen LogP contribution is -2.53. The molecule has 2 aliphatic rings. The maximum absolute atomic E-state index is 14.0. The molecule has 2 fully saturated rings. The summed E-state index contributed by atoms with van der Waals surface area (Å²) < 4.78 is 7.77. The Hall–Kier alpha value is -5.10. The number of H-pyrrole nitrogens is 1. The van der Waals surface area contributed by atoms with Crippen LogP contribution in [0.2, 0.25) is 5.02 Å². The average Bonchev–Trinajstić information content (AvgIpc) is 3.46. The van der Waals surface area contributed by atoms with Gasteiger partial charge in [0.2, 0.25) is 0 Å². The van der Waals surface area contributed by atoms with E-state index in [0.29, 0.717) is 62.8 Å². The molecule has 1 atom stereocenters. The number of aromatic amines is 1. The van der Waals surface area contributed by atoms with Crippen molar-refractivity contribution in [3.63, 3.8) is 0 Å². The Kier molecular flexibility index (Phi) is 8.65. The first-order chi connectivity index (χ1) is 23.3. The molecular weight excluding hydrogens is 632 g/mol. The number of hydrogen-bond donors (Lipinski definition) is 2. The zero-order valence-corrected chi connectivity index (χ0v) is 27.4. The van der Waals surface area contributed by atoms with E-state index in [-0.39, 0.29) is 24.1 Å². The molecule has 0 unspecified atom stereocenters. The molecule has 3 N–H and O–H groups in total. The van der Waals surface area contributed by atoms with Crippen molar-refractivity contribution in [2.24, 2.45) is 0 Å². The summed E-state index contributed by atoms with van der Waals surface area (Å²) in [7, 11) is 0. The van der Waals surface area contributed by atoms with Crippen LogP contribution in [0.5, 0.6) is 0 Å². The van der Waals surface area contributed by atoms with Gasteiger partial charge in [0.15, 0.2) is 6.10 Å². The molecule has 3 aromatic heterocycles. The number of imidazole rings is 1. The maximum atomic E-state index is 14.0. The lowest BCUT2D eigenvalue weighted by atomic mass is 10.0. The van der Waals surface area contributed by atoms with E-state index >= 15 is 0 Å². The number of aryl methyl sites for hydroxylation is 1. The third-order valence-electron chi connectivity index (χ3n) is 9.51. The first-order valence-electron chi connectivity index (χ1n) is 16.2. The number of hydrogen-bond acceptors (Lipinski definition) is 8. The van der Waals surface area contributed by atoms with Gasteiger partial charge >= 0.3 is 11.8 Å². The second-order valence-corrected chi connectivity index (χ2v) is 12.9. The minimum Gasteiger partial charge on any atom is -0.436 e. The normalized spacial score (nSPS) is 16.4. The van der Waals surface area contributed by atoms with Gasteiger partial charge < -0.3 is 30.2 Å². The van der Waals surface area contributed by atoms with Gasteiger partial charge in [0, 0.05) is 75.2 Å². The number of piperazine rings is 1. The smallest absolute Gasteiger partial charge is 0.410 e. The van der Waals surface area contributed by atoms with Crippen molar-refractivity contribution in [3.8, 4) is 0 Å². The van der Waals surface area contributed by atoms with Crippen molar-refractivity contribution in [1.82, 2.24) is 29.3 Å². The van der Waals surface area contributed by atoms with Crippen LogP contribution >= 0.6 is 11.6 Å². The lowest BCUT2D eigenvalue weighted by Gasteiger charge is -2.38. The Morgan fingerprint density at radius 1 is 1.02 bits per heavy atom. The molecule has 0 aliphatic carbocycles. The van der Waals surface area contributed by atoms with Gasteiger partial charge in [-0.15, -0.1) is 0 Å². The molecule has 5 aromatic rings. The number of nitrogens with two attached hydrogens (primary N) is 1. The number of benzene rings is 2. The summed E-state index contributed by atoms with van der Waals surface area (Å²) in [6, 6.07) is 15.1. The number of rotatable bonds is 6. The number of nitrogens with zero attached hydrogens (tertiary/aromatic N) is 6. The summed E-state index contributed by atoms with van der Waals surface area (Å²) in [5.41, 5.74) is 11.3. The second kappa shape index (κ2) is 13.2. The van der Waals surface area contributed by atoms with Crippen molar-refractivity contribution >= 4 is 56.9 Å². The number of anilines is 2. The van der Waals surface area contributed by atoms with Crippen molar-refractivity contribution in [2.45, 2.75) is 38.3 Å². The van der Waals surface area contributed by atoms with Gasteiger partial charge in [0.25, 0.3) is 5.91 Å². The zero-order chi connectivity index (χ0) is 33.4. The number of nitrogen functional groups attached to an aromatic ring is 1. The van der Waals surface area contributed by atoms with Crippen molar-refractivity contribution in [1.29, 1.82) is 0 Å². The molecule has 48 heavy (non-hydrogen) atoms. The number of likely N-dealkylation sites (tertiary alicyclic amines) is 1. The predicted octanol–water partition coefficient (Wildman–Crippen LogP) is 4.55. The van der Waals surface area contributed by atoms with Crippen LogP contribution in [0.3, 0.4) is 0 Å². The number of carbonyl (C=O) groups is 2. The van der Waals surface area contributed by atoms with E-state index in [4.69, 9.17) is 22.1 Å². The van der Waals surface area contributed by atoms with Crippen LogP contribution in [0.1, 0.15) is 30.0 Å². The molecule has 7 rings (SSSR count). The van der Waals surface area contributed by atoms with Crippen LogP contribution in [0.4, 0.5) is 16.2 Å². The summed E-state index contributed by atoms with van der Waals surface area (Å²) in [6.45, 7) is 4.89. The number of pyridine rings is 2. The minimum atomic E-state index is -1.04. The Balaban J connectivity index is 1.05. The van der Waals surface area contributed by atoms with E-state index in [1.165, 1.54) is 0 Å². The monoisotopic (exact) mass is 668 g/mol. The molecule has 0 bridgehead atoms. The SMILES string of the molecule is Cc1cc(C[C@@H](OC(=O)N2CCC(n3c(=O)[nH]c4c5ccccc5ncc43)CC2)C(=O)N2CCN(c3ccncc3)CC2)cc(Cl)c1N. The standard InChI is InChI=1S/C35H37ClN8O4/c1-22-18-23(19-27(36)31(22)37)20-30(33(45)42-16-14-41(15-17-42)24-6-10-38-11-7-24)48-35(47)43-12-8-25(9-13-43)44-29-21-39-28-5-3-2-4-26(28)32(29)40-34(44)46/h2-7,10-11,18-19,21,25,30H,8-9,12-17,20,37H2,1H3,(H,40,46)/t30-/m1/s1. The third kappa shape index (κ3) is 6.15. The van der Waals surface area contributed by atoms with Gasteiger partial charge in [-0.25, -0.2) is 9.59 Å². The highest BCUT2D eigenvalue weighted by molar-refractivity contribution is 6.33. The summed E-state index contributed by atoms with van der Waals surface area (Å²) in [6.07, 6.45) is 4.91. The van der Waals surface area contributed by atoms with E-state index in [1.807, 2.05) is 49.4 Å². The van der Waals surface area contributed by atoms with Crippen LogP contribution in [0, 0.1) is 6.92 Å². The van der Waals surface area contributed by atoms with Crippen LogP contribution in [-0.2, 0) is 16.0 Å². The number of halogens is 1. The molecule has 2 amide bonds. The molecule has 13 heteroatoms. The molecule has 2 aliphatic heterocycles. The number of amides is 2. The van der Waals surface area contributed by atoms with Crippen LogP contribution < -0.4 is 16.3 Å². The van der Waals surface area contributed by atoms with Gasteiger partial charge in [-0.3, -0.25) is 19.3 Å². The highest BCUT2D eigenvalue weighted by atomic mass is 35.5. The number of nitrogens with one attached hydrogen (secondary N) is 1. The number of carbonyl (C=O) groups excluding carboxylic acids is 2. The first-order valence-corrected chi connectivity index (χ1v) is 16.6. The lowest BCUT2D eigenvalue weighted by molar-refractivity contribution is -0.141.